The van der Waals surface area contributed by atoms with Gasteiger partial charge in [0.05, 0.1) is 27.9 Å². The lowest BCUT2D eigenvalue weighted by molar-refractivity contribution is 1.19. The van der Waals surface area contributed by atoms with E-state index in [1.165, 1.54) is 0 Å². The number of aryl methyl sites for hydroxylation is 2. The van der Waals surface area contributed by atoms with Gasteiger partial charge in [-0.25, -0.2) is 0 Å². The molecule has 0 fully saturated rings. The Hall–Kier alpha value is -2.69. The minimum atomic E-state index is 0.287. The van der Waals surface area contributed by atoms with E-state index in [0.29, 0.717) is 22.5 Å². The summed E-state index contributed by atoms with van der Waals surface area (Å²) in [7, 11) is 0. The Morgan fingerprint density at radius 1 is 0.952 bits per heavy atom. The number of hydrogen-bond donors (Lipinski definition) is 0. The smallest absolute Gasteiger partial charge is 0.109 e. The average Bonchev–Trinajstić information content (AvgIpc) is 2.49. The second kappa shape index (κ2) is 6.17. The largest absolute Gasteiger partial charge is 0.192 e. The highest BCUT2D eigenvalue weighted by molar-refractivity contribution is 6.34. The Labute approximate surface area is 127 Å². The van der Waals surface area contributed by atoms with E-state index >= 15 is 0 Å². The normalized spacial score (nSPS) is 10.3. The quantitative estimate of drug-likeness (QED) is 0.721. The van der Waals surface area contributed by atoms with Gasteiger partial charge in [0.25, 0.3) is 0 Å². The number of benzene rings is 2. The highest BCUT2D eigenvalue weighted by atomic mass is 35.5. The number of halogens is 1. The van der Waals surface area contributed by atoms with Gasteiger partial charge in [0.1, 0.15) is 11.8 Å². The zero-order chi connectivity index (χ0) is 15.4. The van der Waals surface area contributed by atoms with Gasteiger partial charge < -0.3 is 0 Å². The van der Waals surface area contributed by atoms with E-state index in [2.05, 4.69) is 16.3 Å². The molecule has 0 aliphatic heterocycles. The first kappa shape index (κ1) is 14.7. The summed E-state index contributed by atoms with van der Waals surface area (Å²) >= 11 is 6.15. The molecule has 0 aliphatic carbocycles. The maximum atomic E-state index is 8.99. The lowest BCUT2D eigenvalue weighted by Gasteiger charge is -2.04. The molecule has 0 aliphatic rings. The van der Waals surface area contributed by atoms with Crippen LogP contribution in [0.3, 0.4) is 0 Å². The predicted octanol–water partition coefficient (Wildman–Crippen LogP) is 5.12. The van der Waals surface area contributed by atoms with Crippen molar-refractivity contribution in [2.75, 3.05) is 0 Å². The van der Waals surface area contributed by atoms with Crippen LogP contribution in [0.5, 0.6) is 0 Å². The second-order valence-corrected chi connectivity index (χ2v) is 4.90. The maximum absolute atomic E-state index is 8.99. The molecule has 0 saturated carbocycles. The van der Waals surface area contributed by atoms with Crippen LogP contribution in [-0.2, 0) is 0 Å². The van der Waals surface area contributed by atoms with Crippen molar-refractivity contribution in [3.8, 4) is 12.1 Å². The van der Waals surface area contributed by atoms with Gasteiger partial charge in [-0.3, -0.25) is 0 Å². The summed E-state index contributed by atoms with van der Waals surface area (Å²) in [5.74, 6) is 0. The maximum Gasteiger partial charge on any atom is 0.109 e. The van der Waals surface area contributed by atoms with E-state index in [1.54, 1.807) is 24.3 Å². The molecule has 2 rings (SSSR count). The Kier molecular flexibility index (Phi) is 4.33. The molecule has 0 heterocycles. The van der Waals surface area contributed by atoms with Crippen LogP contribution in [0, 0.1) is 36.5 Å². The average molecular weight is 295 g/mol. The molecule has 0 saturated heterocycles. The van der Waals surface area contributed by atoms with Crippen molar-refractivity contribution in [2.24, 2.45) is 10.2 Å². The van der Waals surface area contributed by atoms with Gasteiger partial charge in [-0.1, -0.05) is 23.7 Å². The summed E-state index contributed by atoms with van der Waals surface area (Å²) in [6, 6.07) is 12.7. The van der Waals surface area contributed by atoms with Crippen LogP contribution in [0.25, 0.3) is 0 Å². The van der Waals surface area contributed by atoms with E-state index in [4.69, 9.17) is 22.1 Å². The fourth-order valence-electron chi connectivity index (χ4n) is 1.76. The van der Waals surface area contributed by atoms with Gasteiger partial charge in [0, 0.05) is 0 Å². The van der Waals surface area contributed by atoms with E-state index in [9.17, 15) is 0 Å². The molecule has 0 N–H and O–H groups in total. The number of nitriles is 2. The van der Waals surface area contributed by atoms with Gasteiger partial charge in [-0.05, 0) is 43.2 Å². The Bertz CT molecular complexity index is 810. The van der Waals surface area contributed by atoms with Crippen LogP contribution in [0.4, 0.5) is 11.4 Å². The predicted molar refractivity (Wildman–Crippen MR) is 81.0 cm³/mol. The first-order valence-electron chi connectivity index (χ1n) is 6.18. The SMILES string of the molecule is Cc1ccc(C#N)cc1N=Nc1c(C)ccc(C#N)c1Cl. The van der Waals surface area contributed by atoms with Crippen molar-refractivity contribution >= 4 is 23.0 Å². The molecular weight excluding hydrogens is 284 g/mol. The molecule has 0 spiro atoms. The third-order valence-electron chi connectivity index (χ3n) is 3.03. The molecule has 0 radical (unpaired) electrons. The molecule has 0 unspecified atom stereocenters. The zero-order valence-corrected chi connectivity index (χ0v) is 12.3. The molecule has 2 aromatic carbocycles. The summed E-state index contributed by atoms with van der Waals surface area (Å²) in [5.41, 5.74) is 3.69. The summed E-state index contributed by atoms with van der Waals surface area (Å²) in [4.78, 5) is 0. The molecule has 0 amide bonds. The third-order valence-corrected chi connectivity index (χ3v) is 3.42. The van der Waals surface area contributed by atoms with Gasteiger partial charge in [0.15, 0.2) is 0 Å². The van der Waals surface area contributed by atoms with Crippen molar-refractivity contribution in [2.45, 2.75) is 13.8 Å². The molecule has 4 nitrogen and oxygen atoms in total. The van der Waals surface area contributed by atoms with E-state index in [1.807, 2.05) is 26.0 Å². The van der Waals surface area contributed by atoms with Gasteiger partial charge in [-0.2, -0.15) is 15.6 Å². The summed E-state index contributed by atoms with van der Waals surface area (Å²) in [5, 5.41) is 26.5. The number of hydrogen-bond acceptors (Lipinski definition) is 4. The summed E-state index contributed by atoms with van der Waals surface area (Å²) < 4.78 is 0. The van der Waals surface area contributed by atoms with Crippen LogP contribution in [-0.4, -0.2) is 0 Å². The van der Waals surface area contributed by atoms with Crippen molar-refractivity contribution in [1.29, 1.82) is 10.5 Å². The topological polar surface area (TPSA) is 72.3 Å². The molecule has 21 heavy (non-hydrogen) atoms. The van der Waals surface area contributed by atoms with Crippen molar-refractivity contribution < 1.29 is 0 Å². The van der Waals surface area contributed by atoms with Crippen molar-refractivity contribution in [3.05, 3.63) is 57.6 Å². The standard InChI is InChI=1S/C16H11ClN4/c1-10-3-5-12(8-18)7-14(10)20-21-16-11(2)4-6-13(9-19)15(16)17/h3-7H,1-2H3. The monoisotopic (exact) mass is 294 g/mol. The van der Waals surface area contributed by atoms with Crippen molar-refractivity contribution in [1.82, 2.24) is 0 Å². The molecule has 2 aromatic rings. The Balaban J connectivity index is 2.48. The van der Waals surface area contributed by atoms with Crippen LogP contribution in [0.15, 0.2) is 40.6 Å². The minimum Gasteiger partial charge on any atom is -0.192 e. The molecule has 0 aromatic heterocycles. The summed E-state index contributed by atoms with van der Waals surface area (Å²) in [6.07, 6.45) is 0. The molecular formula is C16H11ClN4. The van der Waals surface area contributed by atoms with Gasteiger partial charge in [-0.15, -0.1) is 5.11 Å². The highest BCUT2D eigenvalue weighted by Crippen LogP contribution is 2.33. The zero-order valence-electron chi connectivity index (χ0n) is 11.6. The fourth-order valence-corrected chi connectivity index (χ4v) is 2.05. The minimum absolute atomic E-state index is 0.287. The van der Waals surface area contributed by atoms with E-state index in [-0.39, 0.29) is 5.02 Å². The lowest BCUT2D eigenvalue weighted by Crippen LogP contribution is -1.82. The first-order chi connectivity index (χ1) is 10.1. The second-order valence-electron chi connectivity index (χ2n) is 4.52. The molecule has 5 heteroatoms. The Morgan fingerprint density at radius 3 is 2.33 bits per heavy atom. The van der Waals surface area contributed by atoms with Crippen LogP contribution in [0.2, 0.25) is 5.02 Å². The number of rotatable bonds is 2. The lowest BCUT2D eigenvalue weighted by atomic mass is 10.1. The number of nitrogens with zero attached hydrogens (tertiary/aromatic N) is 4. The fraction of sp³-hybridized carbons (Fsp3) is 0.125. The van der Waals surface area contributed by atoms with Crippen LogP contribution >= 0.6 is 11.6 Å². The van der Waals surface area contributed by atoms with E-state index < -0.39 is 0 Å². The van der Waals surface area contributed by atoms with Crippen LogP contribution < -0.4 is 0 Å². The Morgan fingerprint density at radius 2 is 1.67 bits per heavy atom. The van der Waals surface area contributed by atoms with Gasteiger partial charge >= 0.3 is 0 Å². The highest BCUT2D eigenvalue weighted by Gasteiger charge is 2.09. The van der Waals surface area contributed by atoms with E-state index in [0.717, 1.165) is 11.1 Å². The van der Waals surface area contributed by atoms with Gasteiger partial charge in [0.2, 0.25) is 0 Å². The first-order valence-corrected chi connectivity index (χ1v) is 6.56. The third kappa shape index (κ3) is 3.08. The summed E-state index contributed by atoms with van der Waals surface area (Å²) in [6.45, 7) is 3.73. The molecule has 0 atom stereocenters. The van der Waals surface area contributed by atoms with Crippen molar-refractivity contribution in [3.63, 3.8) is 0 Å². The molecule has 0 bridgehead atoms. The van der Waals surface area contributed by atoms with Crippen LogP contribution in [0.1, 0.15) is 22.3 Å². The molecule has 102 valence electrons. The number of azo groups is 1.